The summed E-state index contributed by atoms with van der Waals surface area (Å²) in [4.78, 5) is 42.3. The molecule has 11 heteroatoms. The molecule has 0 saturated carbocycles. The maximum atomic E-state index is 8.46. The van der Waals surface area contributed by atoms with Gasteiger partial charge in [-0.25, -0.2) is 0 Å². The van der Waals surface area contributed by atoms with E-state index in [9.17, 15) is 0 Å². The van der Waals surface area contributed by atoms with E-state index in [-0.39, 0.29) is 22.4 Å². The fourth-order valence-electron chi connectivity index (χ4n) is 0. The Balaban J connectivity index is -0.0000000160. The van der Waals surface area contributed by atoms with Gasteiger partial charge in [-0.15, -0.1) is 0 Å². The van der Waals surface area contributed by atoms with Gasteiger partial charge in [0.15, 0.2) is 0 Å². The van der Waals surface area contributed by atoms with Crippen LogP contribution < -0.4 is 28.7 Å². The van der Waals surface area contributed by atoms with Gasteiger partial charge in [-0.3, -0.25) is 0 Å². The molecule has 0 aliphatic heterocycles. The number of rotatable bonds is 0. The molecule has 0 atom stereocenters. The van der Waals surface area contributed by atoms with E-state index in [4.69, 9.17) is 24.0 Å². The van der Waals surface area contributed by atoms with E-state index in [2.05, 4.69) is 35.6 Å². The van der Waals surface area contributed by atoms with Gasteiger partial charge in [-0.05, 0) is 0 Å². The van der Waals surface area contributed by atoms with E-state index in [1.807, 2.05) is 0 Å². The van der Waals surface area contributed by atoms with E-state index in [0.717, 1.165) is 32.1 Å². The van der Waals surface area contributed by atoms with Crippen molar-refractivity contribution in [3.63, 3.8) is 0 Å². The van der Waals surface area contributed by atoms with Crippen molar-refractivity contribution in [1.82, 2.24) is 0 Å². The van der Waals surface area contributed by atoms with Crippen LogP contribution in [0.4, 0.5) is 0 Å². The number of carbonyl (C=O) groups excluding carboxylic acids is 5. The Kier molecular flexibility index (Phi) is 773. The van der Waals surface area contributed by atoms with Crippen LogP contribution in [0.2, 0.25) is 0 Å². The average molecular weight is 430 g/mol. The SMILES string of the molecule is N[C-]=O.N[C-]=O.N[C-]=O.N[C-]=O.N[C-]=O.[CH2-]C.[Ta]. The van der Waals surface area contributed by atoms with Gasteiger partial charge in [0, 0.05) is 22.4 Å². The Labute approximate surface area is 121 Å². The molecule has 0 aliphatic carbocycles. The summed E-state index contributed by atoms with van der Waals surface area (Å²) in [5.74, 6) is 0. The van der Waals surface area contributed by atoms with E-state index >= 15 is 0 Å². The summed E-state index contributed by atoms with van der Waals surface area (Å²) in [5, 5.41) is 0. The third-order valence-electron chi connectivity index (χ3n) is 0. The summed E-state index contributed by atoms with van der Waals surface area (Å²) in [6, 6.07) is 0. The van der Waals surface area contributed by atoms with Crippen molar-refractivity contribution < 1.29 is 46.4 Å². The number of hydrogen-bond acceptors (Lipinski definition) is 5. The molecule has 0 aromatic rings. The predicted molar refractivity (Wildman–Crippen MR) is 60.4 cm³/mol. The summed E-state index contributed by atoms with van der Waals surface area (Å²) in [5.41, 5.74) is 20.2. The van der Waals surface area contributed by atoms with Gasteiger partial charge < -0.3 is 59.6 Å². The quantitative estimate of drug-likeness (QED) is 0.191. The minimum absolute atomic E-state index is 0. The summed E-state index contributed by atoms with van der Waals surface area (Å²) in [7, 11) is 0. The number of nitrogens with two attached hydrogens (primary N) is 5. The van der Waals surface area contributed by atoms with E-state index < -0.39 is 0 Å². The van der Waals surface area contributed by atoms with E-state index in [1.54, 1.807) is 6.92 Å². The molecule has 0 aromatic carbocycles. The molecule has 0 bridgehead atoms. The summed E-state index contributed by atoms with van der Waals surface area (Å²) < 4.78 is 0. The normalized spacial score (nSPS) is 3.67. The first-order valence-electron chi connectivity index (χ1n) is 3.17. The molecule has 0 aromatic heterocycles. The second-order valence-corrected chi connectivity index (χ2v) is 0.589. The van der Waals surface area contributed by atoms with Crippen LogP contribution >= 0.6 is 0 Å². The average Bonchev–Trinajstić information content (AvgIpc) is 2.25. The molecule has 0 unspecified atom stereocenters. The molecule has 1 radical (unpaired) electrons. The van der Waals surface area contributed by atoms with Gasteiger partial charge in [0.2, 0.25) is 0 Å². The molecule has 18 heavy (non-hydrogen) atoms. The molecule has 10 nitrogen and oxygen atoms in total. The predicted octanol–water partition coefficient (Wildman–Crippen LogP) is -4.10. The van der Waals surface area contributed by atoms with Gasteiger partial charge in [-0.2, -0.15) is 39.0 Å². The third-order valence-corrected chi connectivity index (χ3v) is 0. The summed E-state index contributed by atoms with van der Waals surface area (Å²) in [6.45, 7) is 5.00. The van der Waals surface area contributed by atoms with Crippen molar-refractivity contribution in [1.29, 1.82) is 0 Å². The molecule has 0 aliphatic rings. The van der Waals surface area contributed by atoms with Crippen LogP contribution in [0, 0.1) is 6.92 Å². The van der Waals surface area contributed by atoms with Crippen LogP contribution in [-0.4, -0.2) is 32.1 Å². The molecule has 0 rings (SSSR count). The maximum absolute atomic E-state index is 8.46. The number of hydrogen-bond donors (Lipinski definition) is 5. The van der Waals surface area contributed by atoms with Gasteiger partial charge in [0.05, 0.1) is 0 Å². The molecule has 5 amide bonds. The minimum atomic E-state index is 0. The maximum Gasteiger partial charge on any atom is 0 e. The van der Waals surface area contributed by atoms with Gasteiger partial charge >= 0.3 is 0 Å². The van der Waals surface area contributed by atoms with Gasteiger partial charge in [0.1, 0.15) is 0 Å². The first kappa shape index (κ1) is 44.3. The Hall–Kier alpha value is -1.91. The van der Waals surface area contributed by atoms with Gasteiger partial charge in [0.25, 0.3) is 0 Å². The fourth-order valence-corrected chi connectivity index (χ4v) is 0. The zero-order valence-electron chi connectivity index (χ0n) is 9.58. The van der Waals surface area contributed by atoms with Crippen LogP contribution in [0.15, 0.2) is 0 Å². The second-order valence-electron chi connectivity index (χ2n) is 0.589. The Morgan fingerprint density at radius 3 is 0.556 bits per heavy atom. The molecule has 0 heterocycles. The first-order valence-corrected chi connectivity index (χ1v) is 3.17. The first-order chi connectivity index (χ1) is 8.07. The van der Waals surface area contributed by atoms with E-state index in [0.29, 0.717) is 0 Å². The second kappa shape index (κ2) is 314. The Morgan fingerprint density at radius 1 is 0.556 bits per heavy atom. The number of primary amides is 5. The molecule has 0 fully saturated rings. The molecular formula is C7H15N5O5Ta-6. The molecule has 0 spiro atoms. The van der Waals surface area contributed by atoms with Crippen LogP contribution in [0.3, 0.4) is 0 Å². The van der Waals surface area contributed by atoms with Crippen molar-refractivity contribution in [2.24, 2.45) is 28.7 Å². The van der Waals surface area contributed by atoms with Crippen molar-refractivity contribution in [3.05, 3.63) is 6.92 Å². The molecule has 0 saturated heterocycles. The monoisotopic (exact) mass is 430 g/mol. The van der Waals surface area contributed by atoms with E-state index in [1.165, 1.54) is 0 Å². The minimum Gasteiger partial charge on any atom is -0.543 e. The molecule has 10 N–H and O–H groups in total. The smallest absolute Gasteiger partial charge is 0 e. The fraction of sp³-hybridized carbons (Fsp3) is 0.143. The molecular weight excluding hydrogens is 415 g/mol. The van der Waals surface area contributed by atoms with Crippen molar-refractivity contribution in [3.8, 4) is 0 Å². The van der Waals surface area contributed by atoms with Crippen molar-refractivity contribution in [2.45, 2.75) is 6.92 Å². The van der Waals surface area contributed by atoms with Crippen LogP contribution in [0.5, 0.6) is 0 Å². The topological polar surface area (TPSA) is 215 Å². The van der Waals surface area contributed by atoms with Crippen molar-refractivity contribution in [2.75, 3.05) is 0 Å². The largest absolute Gasteiger partial charge is 0.543 e. The molecule has 109 valence electrons. The third kappa shape index (κ3) is 662. The summed E-state index contributed by atoms with van der Waals surface area (Å²) in [6.07, 6.45) is 5.00. The van der Waals surface area contributed by atoms with Crippen LogP contribution in [0.1, 0.15) is 6.92 Å². The summed E-state index contributed by atoms with van der Waals surface area (Å²) >= 11 is 0. The van der Waals surface area contributed by atoms with Crippen LogP contribution in [-0.2, 0) is 46.4 Å². The van der Waals surface area contributed by atoms with Crippen LogP contribution in [0.25, 0.3) is 0 Å². The Bertz CT molecular complexity index is 105. The number of amides is 5. The zero-order valence-corrected chi connectivity index (χ0v) is 12.8. The van der Waals surface area contributed by atoms with Gasteiger partial charge in [-0.1, -0.05) is 0 Å². The standard InChI is InChI=1S/C2H5.5CH2NO.Ta/c1-2;5*2-1-3;/h1H2,2H3;5*(H2,2,3);/q6*-1;. The van der Waals surface area contributed by atoms with Crippen molar-refractivity contribution >= 4 is 32.1 Å². The zero-order chi connectivity index (χ0) is 15.5. The Morgan fingerprint density at radius 2 is 0.556 bits per heavy atom.